The number of aliphatic hydroxyl groups excluding tert-OH is 1. The largest absolute Gasteiger partial charge is 0.508 e. The van der Waals surface area contributed by atoms with E-state index in [4.69, 9.17) is 19.9 Å². The number of phenols is 2. The maximum absolute atomic E-state index is 11.5. The Bertz CT molecular complexity index is 2740. The van der Waals surface area contributed by atoms with E-state index in [0.29, 0.717) is 56.3 Å². The highest BCUT2D eigenvalue weighted by Crippen LogP contribution is 2.52. The molecule has 6 aromatic rings. The number of nitrogens with one attached hydrogen (secondary N) is 1. The second-order valence-electron chi connectivity index (χ2n) is 19.4. The van der Waals surface area contributed by atoms with Crippen LogP contribution in [0.1, 0.15) is 102 Å². The van der Waals surface area contributed by atoms with Gasteiger partial charge in [-0.25, -0.2) is 0 Å². The number of aromatic nitrogens is 1. The molecule has 10 rings (SSSR count). The molecule has 5 atom stereocenters. The number of rotatable bonds is 10. The van der Waals surface area contributed by atoms with E-state index in [0.717, 1.165) is 103 Å². The van der Waals surface area contributed by atoms with Crippen molar-refractivity contribution < 1.29 is 29.5 Å². The Morgan fingerprint density at radius 2 is 1.64 bits per heavy atom. The lowest BCUT2D eigenvalue weighted by Gasteiger charge is -2.49. The first kappa shape index (κ1) is 45.0. The van der Waals surface area contributed by atoms with Gasteiger partial charge in [-0.2, -0.15) is 0 Å². The molecule has 1 fully saturated rings. The van der Waals surface area contributed by atoms with Crippen molar-refractivity contribution in [2.45, 2.75) is 114 Å². The topological polar surface area (TPSA) is 131 Å². The molecule has 3 aliphatic heterocycles. The van der Waals surface area contributed by atoms with Crippen molar-refractivity contribution in [3.63, 3.8) is 0 Å². The number of benzene rings is 5. The van der Waals surface area contributed by atoms with E-state index < -0.39 is 6.10 Å². The molecule has 1 saturated heterocycles. The zero-order valence-electron chi connectivity index (χ0n) is 38.5. The normalized spacial score (nSPS) is 23.1. The molecule has 348 valence electrons. The minimum Gasteiger partial charge on any atom is -0.508 e. The number of phenolic OH excluding ortho intramolecular Hbond substituents is 2. The van der Waals surface area contributed by atoms with Gasteiger partial charge in [-0.1, -0.05) is 104 Å². The average molecular weight is 900 g/mol. The van der Waals surface area contributed by atoms with Crippen molar-refractivity contribution in [3.8, 4) is 17.2 Å². The number of fused-ring (bicyclic) bond motifs is 7. The van der Waals surface area contributed by atoms with Crippen molar-refractivity contribution in [2.24, 2.45) is 11.7 Å². The number of nitrogens with two attached hydrogens (primary N) is 1. The third kappa shape index (κ3) is 9.93. The minimum atomic E-state index is -0.565. The summed E-state index contributed by atoms with van der Waals surface area (Å²) in [5.41, 5.74) is 16.9. The van der Waals surface area contributed by atoms with E-state index in [1.807, 2.05) is 48.5 Å². The van der Waals surface area contributed by atoms with Crippen molar-refractivity contribution in [2.75, 3.05) is 19.8 Å². The fourth-order valence-electron chi connectivity index (χ4n) is 11.3. The maximum Gasteiger partial charge on any atom is 0.161 e. The molecule has 0 saturated carbocycles. The average Bonchev–Trinajstić information content (AvgIpc) is 3.79. The molecule has 67 heavy (non-hydrogen) atoms. The molecule has 1 unspecified atom stereocenters. The molecule has 0 radical (unpaired) electrons. The number of ether oxygens (including phenoxy) is 3. The highest BCUT2D eigenvalue weighted by Gasteiger charge is 2.47. The second kappa shape index (κ2) is 20.2. The van der Waals surface area contributed by atoms with Crippen LogP contribution in [0.2, 0.25) is 0 Å². The number of nitrogens with zero attached hydrogens (tertiary/aromatic N) is 1. The molecule has 9 heteroatoms. The lowest BCUT2D eigenvalue weighted by Crippen LogP contribution is -2.47. The van der Waals surface area contributed by atoms with E-state index >= 15 is 0 Å². The van der Waals surface area contributed by atoms with E-state index in [1.54, 1.807) is 6.07 Å². The monoisotopic (exact) mass is 899 g/mol. The van der Waals surface area contributed by atoms with E-state index in [-0.39, 0.29) is 30.0 Å². The third-order valence-corrected chi connectivity index (χ3v) is 15.0. The Hall–Kier alpha value is -5.84. The van der Waals surface area contributed by atoms with Gasteiger partial charge in [0.1, 0.15) is 18.2 Å². The summed E-state index contributed by atoms with van der Waals surface area (Å²) < 4.78 is 21.7. The molecule has 6 N–H and O–H groups in total. The molecule has 4 bridgehead atoms. The Labute approximate surface area is 394 Å². The molecular formula is C58H65N3O6. The molecular weight excluding hydrogens is 835 g/mol. The van der Waals surface area contributed by atoms with Crippen LogP contribution < -0.4 is 15.8 Å². The summed E-state index contributed by atoms with van der Waals surface area (Å²) in [6.07, 6.45) is 18.8. The molecule has 4 aliphatic rings. The van der Waals surface area contributed by atoms with Gasteiger partial charge in [-0.05, 0) is 139 Å². The van der Waals surface area contributed by atoms with E-state index in [2.05, 4.69) is 83.0 Å². The predicted octanol–water partition coefficient (Wildman–Crippen LogP) is 10.4. The second-order valence-corrected chi connectivity index (χ2v) is 19.4. The van der Waals surface area contributed by atoms with Gasteiger partial charge in [0.2, 0.25) is 0 Å². The minimum absolute atomic E-state index is 0.0966. The van der Waals surface area contributed by atoms with Crippen molar-refractivity contribution in [1.29, 1.82) is 0 Å². The molecule has 5 aromatic carbocycles. The summed E-state index contributed by atoms with van der Waals surface area (Å²) in [7, 11) is 0. The number of dihydropyridines is 1. The van der Waals surface area contributed by atoms with Gasteiger partial charge in [0.25, 0.3) is 0 Å². The summed E-state index contributed by atoms with van der Waals surface area (Å²) in [4.78, 5) is 0. The molecule has 0 amide bonds. The number of hydrogen-bond acceptors (Lipinski definition) is 8. The summed E-state index contributed by atoms with van der Waals surface area (Å²) in [6, 6.07) is 35.6. The Balaban J connectivity index is 0.914. The summed E-state index contributed by atoms with van der Waals surface area (Å²) in [5, 5.41) is 38.9. The lowest BCUT2D eigenvalue weighted by atomic mass is 9.57. The number of unbranched alkanes of at least 4 members (excludes halogenated alkanes) is 3. The van der Waals surface area contributed by atoms with Crippen LogP contribution in [0.4, 0.5) is 0 Å². The number of hydrogen-bond donors (Lipinski definition) is 5. The van der Waals surface area contributed by atoms with Crippen LogP contribution in [0.15, 0.2) is 133 Å². The maximum atomic E-state index is 11.5. The SMILES string of the molecule is NC1C=CC2=C(N1)n1cc3cc([C@@]45CCOC[C@H]4CCc4ccccc45)cc(c3c1)COc1cc(ccc1O)CC[C@@H](O)C[C@H](CCCCCCc1ccc(O)c(Cc3ccccc3)c1)OC2. The first-order chi connectivity index (χ1) is 32.8. The summed E-state index contributed by atoms with van der Waals surface area (Å²) in [6.45, 7) is 2.07. The van der Waals surface area contributed by atoms with E-state index in [1.165, 1.54) is 27.8 Å². The van der Waals surface area contributed by atoms with Crippen LogP contribution in [0.25, 0.3) is 16.6 Å². The van der Waals surface area contributed by atoms with Gasteiger partial charge >= 0.3 is 0 Å². The predicted molar refractivity (Wildman–Crippen MR) is 265 cm³/mol. The molecule has 9 nitrogen and oxygen atoms in total. The Morgan fingerprint density at radius 3 is 2.55 bits per heavy atom. The Morgan fingerprint density at radius 1 is 0.791 bits per heavy atom. The molecule has 0 spiro atoms. The smallest absolute Gasteiger partial charge is 0.161 e. The third-order valence-electron chi connectivity index (χ3n) is 15.0. The fraction of sp³-hybridized carbons (Fsp3) is 0.379. The molecule has 1 aromatic heterocycles. The van der Waals surface area contributed by atoms with Crippen LogP contribution >= 0.6 is 0 Å². The van der Waals surface area contributed by atoms with Crippen LogP contribution in [-0.2, 0) is 47.2 Å². The van der Waals surface area contributed by atoms with Crippen molar-refractivity contribution >= 4 is 16.6 Å². The van der Waals surface area contributed by atoms with Crippen LogP contribution in [0, 0.1) is 5.92 Å². The van der Waals surface area contributed by atoms with E-state index in [9.17, 15) is 15.3 Å². The number of aliphatic hydroxyl groups is 1. The van der Waals surface area contributed by atoms with Gasteiger partial charge < -0.3 is 45.1 Å². The standard InChI is InChI=1S/C58H65N3O6/c59-56-25-20-43-36-66-50(14-7-2-1-4-12-40-17-23-53(63)44(29-40)28-39-10-5-3-6-11-39)33-49(62)22-16-41-18-24-54(64)55(30-41)67-37-46-32-48(31-45-34-61(35-51(45)46)57(43)60-56)58-26-27-65-38-47(58)21-19-42-13-8-9-15-52(42)58/h3,5-6,8-11,13,15,17-18,20,23-25,29-32,34-35,47,49-50,56,60,62-64H,1-2,4,7,12,14,16,19,21-22,26-28,33,36-38,59H2/t47-,49-,50+,56?,58-/m1/s1. The first-order valence-corrected chi connectivity index (χ1v) is 24.6. The highest BCUT2D eigenvalue weighted by atomic mass is 16.5. The van der Waals surface area contributed by atoms with Crippen molar-refractivity contribution in [1.82, 2.24) is 9.88 Å². The zero-order chi connectivity index (χ0) is 45.7. The summed E-state index contributed by atoms with van der Waals surface area (Å²) >= 11 is 0. The van der Waals surface area contributed by atoms with Gasteiger partial charge in [-0.15, -0.1) is 0 Å². The van der Waals surface area contributed by atoms with Crippen LogP contribution in [-0.4, -0.2) is 58.1 Å². The van der Waals surface area contributed by atoms with Gasteiger partial charge in [-0.3, -0.25) is 0 Å². The van der Waals surface area contributed by atoms with Crippen LogP contribution in [0.5, 0.6) is 17.2 Å². The molecule has 4 heterocycles. The highest BCUT2D eigenvalue weighted by molar-refractivity contribution is 5.88. The Kier molecular flexibility index (Phi) is 13.5. The van der Waals surface area contributed by atoms with Crippen molar-refractivity contribution in [3.05, 3.63) is 178 Å². The molecule has 1 aliphatic carbocycles. The van der Waals surface area contributed by atoms with Gasteiger partial charge in [0.05, 0.1) is 31.6 Å². The van der Waals surface area contributed by atoms with Crippen LogP contribution in [0.3, 0.4) is 0 Å². The summed E-state index contributed by atoms with van der Waals surface area (Å²) in [5.74, 6) is 2.10. The number of aromatic hydroxyl groups is 2. The van der Waals surface area contributed by atoms with Gasteiger partial charge in [0.15, 0.2) is 11.5 Å². The first-order valence-electron chi connectivity index (χ1n) is 24.6. The number of aryl methyl sites for hydroxylation is 3. The fourth-order valence-corrected chi connectivity index (χ4v) is 11.3. The lowest BCUT2D eigenvalue weighted by molar-refractivity contribution is 0.00498. The zero-order valence-corrected chi connectivity index (χ0v) is 38.5. The van der Waals surface area contributed by atoms with Gasteiger partial charge in [0, 0.05) is 47.2 Å². The quantitative estimate of drug-likeness (QED) is 0.0860.